The molecule has 1 atom stereocenters. The Morgan fingerprint density at radius 1 is 1.40 bits per heavy atom. The van der Waals surface area contributed by atoms with Gasteiger partial charge in [0.05, 0.1) is 16.4 Å². The SMILES string of the molecule is Cc1cccc(C(=O)OCC(=O)N(C)C2CCS(=O)(=O)C2)c1[N+](=O)[O-]. The first-order valence-corrected chi connectivity index (χ1v) is 9.31. The zero-order chi connectivity index (χ0) is 18.8. The van der Waals surface area contributed by atoms with Gasteiger partial charge in [-0.15, -0.1) is 0 Å². The van der Waals surface area contributed by atoms with Gasteiger partial charge in [0, 0.05) is 18.7 Å². The normalized spacial score (nSPS) is 18.6. The molecule has 2 rings (SSSR count). The second-order valence-electron chi connectivity index (χ2n) is 5.87. The lowest BCUT2D eigenvalue weighted by Crippen LogP contribution is -2.40. The zero-order valence-corrected chi connectivity index (χ0v) is 14.6. The van der Waals surface area contributed by atoms with Crippen molar-refractivity contribution in [3.63, 3.8) is 0 Å². The third kappa shape index (κ3) is 4.32. The van der Waals surface area contributed by atoms with Crippen molar-refractivity contribution in [3.8, 4) is 0 Å². The van der Waals surface area contributed by atoms with Crippen molar-refractivity contribution in [2.45, 2.75) is 19.4 Å². The van der Waals surface area contributed by atoms with Crippen LogP contribution in [0.15, 0.2) is 18.2 Å². The number of esters is 1. The standard InChI is InChI=1S/C15H18N2O7S/c1-10-4-3-5-12(14(10)17(20)21)15(19)24-8-13(18)16(2)11-6-7-25(22,23)9-11/h3-5,11H,6-9H2,1-2H3. The summed E-state index contributed by atoms with van der Waals surface area (Å²) in [6.07, 6.45) is 0.335. The molecule has 0 aliphatic carbocycles. The Morgan fingerprint density at radius 3 is 2.64 bits per heavy atom. The third-order valence-corrected chi connectivity index (χ3v) is 5.87. The maximum absolute atomic E-state index is 12.1. The van der Waals surface area contributed by atoms with Crippen LogP contribution in [0.2, 0.25) is 0 Å². The summed E-state index contributed by atoms with van der Waals surface area (Å²) in [4.78, 5) is 35.8. The molecular formula is C15H18N2O7S. The number of benzene rings is 1. The van der Waals surface area contributed by atoms with E-state index < -0.39 is 39.3 Å². The van der Waals surface area contributed by atoms with Crippen molar-refractivity contribution >= 4 is 27.4 Å². The Hall–Kier alpha value is -2.49. The molecule has 1 fully saturated rings. The van der Waals surface area contributed by atoms with Crippen LogP contribution in [0.25, 0.3) is 0 Å². The molecule has 1 unspecified atom stereocenters. The molecule has 1 heterocycles. The van der Waals surface area contributed by atoms with Crippen LogP contribution in [0.3, 0.4) is 0 Å². The van der Waals surface area contributed by atoms with E-state index in [1.165, 1.54) is 37.1 Å². The topological polar surface area (TPSA) is 124 Å². The average Bonchev–Trinajstić information content (AvgIpc) is 2.90. The van der Waals surface area contributed by atoms with Gasteiger partial charge in [0.2, 0.25) is 0 Å². The molecule has 0 radical (unpaired) electrons. The van der Waals surface area contributed by atoms with E-state index in [1.54, 1.807) is 0 Å². The van der Waals surface area contributed by atoms with Crippen molar-refractivity contribution in [2.75, 3.05) is 25.2 Å². The molecular weight excluding hydrogens is 352 g/mol. The van der Waals surface area contributed by atoms with Crippen molar-refractivity contribution in [1.29, 1.82) is 0 Å². The number of ether oxygens (including phenoxy) is 1. The summed E-state index contributed by atoms with van der Waals surface area (Å²) in [5.41, 5.74) is -0.293. The van der Waals surface area contributed by atoms with Crippen molar-refractivity contribution in [1.82, 2.24) is 4.90 Å². The maximum Gasteiger partial charge on any atom is 0.345 e. The van der Waals surface area contributed by atoms with Crippen LogP contribution in [0.1, 0.15) is 22.3 Å². The minimum absolute atomic E-state index is 0.0184. The number of carbonyl (C=O) groups is 2. The van der Waals surface area contributed by atoms with Gasteiger partial charge in [-0.1, -0.05) is 12.1 Å². The highest BCUT2D eigenvalue weighted by Crippen LogP contribution is 2.24. The molecule has 0 saturated carbocycles. The van der Waals surface area contributed by atoms with Gasteiger partial charge in [0.1, 0.15) is 5.56 Å². The molecule has 1 aliphatic heterocycles. The minimum Gasteiger partial charge on any atom is -0.452 e. The van der Waals surface area contributed by atoms with E-state index >= 15 is 0 Å². The fraction of sp³-hybridized carbons (Fsp3) is 0.467. The molecule has 1 amide bonds. The summed E-state index contributed by atoms with van der Waals surface area (Å²) in [5, 5.41) is 11.1. The van der Waals surface area contributed by atoms with Crippen LogP contribution >= 0.6 is 0 Å². The Morgan fingerprint density at radius 2 is 2.08 bits per heavy atom. The van der Waals surface area contributed by atoms with Gasteiger partial charge in [-0.2, -0.15) is 0 Å². The Labute approximate surface area is 144 Å². The molecule has 1 aliphatic rings. The van der Waals surface area contributed by atoms with Gasteiger partial charge >= 0.3 is 5.97 Å². The molecule has 0 bridgehead atoms. The van der Waals surface area contributed by atoms with E-state index in [9.17, 15) is 28.1 Å². The van der Waals surface area contributed by atoms with Crippen LogP contribution in [-0.4, -0.2) is 61.3 Å². The lowest BCUT2D eigenvalue weighted by molar-refractivity contribution is -0.385. The first-order chi connectivity index (χ1) is 11.6. The van der Waals surface area contributed by atoms with E-state index in [-0.39, 0.29) is 22.8 Å². The molecule has 0 aromatic heterocycles. The van der Waals surface area contributed by atoms with Gasteiger partial charge in [0.25, 0.3) is 11.6 Å². The molecule has 1 saturated heterocycles. The number of aryl methyl sites for hydroxylation is 1. The number of nitro benzene ring substituents is 1. The summed E-state index contributed by atoms with van der Waals surface area (Å²) < 4.78 is 27.8. The van der Waals surface area contributed by atoms with Gasteiger partial charge in [-0.05, 0) is 19.4 Å². The Balaban J connectivity index is 2.02. The smallest absolute Gasteiger partial charge is 0.345 e. The number of nitrogens with zero attached hydrogens (tertiary/aromatic N) is 2. The lowest BCUT2D eigenvalue weighted by Gasteiger charge is -2.23. The van der Waals surface area contributed by atoms with Crippen LogP contribution in [0, 0.1) is 17.0 Å². The van der Waals surface area contributed by atoms with E-state index in [4.69, 9.17) is 4.74 Å². The second kappa shape index (κ2) is 7.18. The highest BCUT2D eigenvalue weighted by molar-refractivity contribution is 7.91. The highest BCUT2D eigenvalue weighted by Gasteiger charge is 2.33. The largest absolute Gasteiger partial charge is 0.452 e. The molecule has 10 heteroatoms. The van der Waals surface area contributed by atoms with Crippen LogP contribution in [0.4, 0.5) is 5.69 Å². The van der Waals surface area contributed by atoms with E-state index in [0.29, 0.717) is 12.0 Å². The number of likely N-dealkylation sites (N-methyl/N-ethyl adjacent to an activating group) is 1. The van der Waals surface area contributed by atoms with Crippen molar-refractivity contribution in [2.24, 2.45) is 0 Å². The van der Waals surface area contributed by atoms with Crippen molar-refractivity contribution in [3.05, 3.63) is 39.4 Å². The molecule has 0 spiro atoms. The van der Waals surface area contributed by atoms with Crippen LogP contribution in [-0.2, 0) is 19.4 Å². The molecule has 1 aromatic rings. The monoisotopic (exact) mass is 370 g/mol. The van der Waals surface area contributed by atoms with Crippen LogP contribution < -0.4 is 0 Å². The molecule has 1 aromatic carbocycles. The number of hydrogen-bond acceptors (Lipinski definition) is 7. The van der Waals surface area contributed by atoms with Gasteiger partial charge in [-0.25, -0.2) is 13.2 Å². The van der Waals surface area contributed by atoms with Gasteiger partial charge in [0.15, 0.2) is 16.4 Å². The summed E-state index contributed by atoms with van der Waals surface area (Å²) in [6, 6.07) is 3.78. The van der Waals surface area contributed by atoms with E-state index in [1.807, 2.05) is 0 Å². The highest BCUT2D eigenvalue weighted by atomic mass is 32.2. The summed E-state index contributed by atoms with van der Waals surface area (Å²) in [5.74, 6) is -1.64. The fourth-order valence-electron chi connectivity index (χ4n) is 2.66. The van der Waals surface area contributed by atoms with E-state index in [2.05, 4.69) is 0 Å². The van der Waals surface area contributed by atoms with E-state index in [0.717, 1.165) is 0 Å². The number of nitro groups is 1. The Bertz CT molecular complexity index is 819. The Kier molecular flexibility index (Phi) is 5.41. The maximum atomic E-state index is 12.1. The number of hydrogen-bond donors (Lipinski definition) is 0. The quantitative estimate of drug-likeness (QED) is 0.424. The first-order valence-electron chi connectivity index (χ1n) is 7.49. The summed E-state index contributed by atoms with van der Waals surface area (Å²) in [6.45, 7) is 0.880. The number of rotatable bonds is 5. The number of sulfone groups is 1. The fourth-order valence-corrected chi connectivity index (χ4v) is 4.43. The first kappa shape index (κ1) is 18.8. The predicted molar refractivity (Wildman–Crippen MR) is 87.9 cm³/mol. The molecule has 0 N–H and O–H groups in total. The number of para-hydroxylation sites is 1. The predicted octanol–water partition coefficient (Wildman–Crippen LogP) is 0.706. The molecule has 9 nitrogen and oxygen atoms in total. The zero-order valence-electron chi connectivity index (χ0n) is 13.8. The third-order valence-electron chi connectivity index (χ3n) is 4.12. The number of carbonyl (C=O) groups excluding carboxylic acids is 2. The number of amides is 1. The summed E-state index contributed by atoms with van der Waals surface area (Å²) in [7, 11) is -1.70. The minimum atomic E-state index is -3.14. The average molecular weight is 370 g/mol. The van der Waals surface area contributed by atoms with Crippen molar-refractivity contribution < 1.29 is 27.7 Å². The van der Waals surface area contributed by atoms with Gasteiger partial charge in [-0.3, -0.25) is 14.9 Å². The lowest BCUT2D eigenvalue weighted by atomic mass is 10.1. The second-order valence-corrected chi connectivity index (χ2v) is 8.09. The molecule has 136 valence electrons. The molecule has 25 heavy (non-hydrogen) atoms. The summed E-state index contributed by atoms with van der Waals surface area (Å²) >= 11 is 0. The van der Waals surface area contributed by atoms with Gasteiger partial charge < -0.3 is 9.64 Å². The van der Waals surface area contributed by atoms with Crippen LogP contribution in [0.5, 0.6) is 0 Å².